The SMILES string of the molecule is Cc1ccc(Cl)c(NC(=O)c2n[nH]c(C3CC3)c2N)c1. The molecule has 0 atom stereocenters. The second-order valence-electron chi connectivity index (χ2n) is 5.11. The molecule has 1 amide bonds. The van der Waals surface area contributed by atoms with E-state index in [1.807, 2.05) is 19.1 Å². The molecule has 0 aliphatic heterocycles. The number of rotatable bonds is 3. The molecule has 0 spiro atoms. The Balaban J connectivity index is 1.84. The Bertz CT molecular complexity index is 676. The Kier molecular flexibility index (Phi) is 3.14. The average Bonchev–Trinajstić information content (AvgIpc) is 3.17. The molecular formula is C14H15ClN4O. The van der Waals surface area contributed by atoms with Gasteiger partial charge in [0.15, 0.2) is 5.69 Å². The molecule has 104 valence electrons. The minimum atomic E-state index is -0.349. The lowest BCUT2D eigenvalue weighted by molar-refractivity contribution is 0.102. The van der Waals surface area contributed by atoms with Gasteiger partial charge in [0, 0.05) is 5.92 Å². The van der Waals surface area contributed by atoms with E-state index in [0.29, 0.717) is 22.3 Å². The number of anilines is 2. The van der Waals surface area contributed by atoms with E-state index in [9.17, 15) is 4.79 Å². The van der Waals surface area contributed by atoms with Crippen molar-refractivity contribution in [3.63, 3.8) is 0 Å². The van der Waals surface area contributed by atoms with Crippen LogP contribution in [0.3, 0.4) is 0 Å². The van der Waals surface area contributed by atoms with Gasteiger partial charge in [0.25, 0.3) is 5.91 Å². The number of aromatic amines is 1. The van der Waals surface area contributed by atoms with Crippen molar-refractivity contribution in [3.8, 4) is 0 Å². The lowest BCUT2D eigenvalue weighted by atomic mass is 10.2. The molecule has 1 aliphatic rings. The molecule has 20 heavy (non-hydrogen) atoms. The number of nitrogen functional groups attached to an aromatic ring is 1. The van der Waals surface area contributed by atoms with E-state index in [0.717, 1.165) is 24.1 Å². The topological polar surface area (TPSA) is 83.8 Å². The van der Waals surface area contributed by atoms with Crippen LogP contribution in [-0.2, 0) is 0 Å². The lowest BCUT2D eigenvalue weighted by Crippen LogP contribution is -2.14. The van der Waals surface area contributed by atoms with Crippen molar-refractivity contribution in [2.45, 2.75) is 25.7 Å². The number of carbonyl (C=O) groups is 1. The molecule has 0 radical (unpaired) electrons. The van der Waals surface area contributed by atoms with E-state index in [4.69, 9.17) is 17.3 Å². The Morgan fingerprint density at radius 1 is 1.50 bits per heavy atom. The van der Waals surface area contributed by atoms with Gasteiger partial charge in [-0.05, 0) is 37.5 Å². The molecule has 1 aromatic heterocycles. The predicted molar refractivity (Wildman–Crippen MR) is 79.1 cm³/mol. The summed E-state index contributed by atoms with van der Waals surface area (Å²) < 4.78 is 0. The number of halogens is 1. The van der Waals surface area contributed by atoms with Gasteiger partial charge in [-0.3, -0.25) is 9.89 Å². The molecule has 0 saturated heterocycles. The summed E-state index contributed by atoms with van der Waals surface area (Å²) in [5, 5.41) is 10.1. The number of amides is 1. The van der Waals surface area contributed by atoms with Crippen molar-refractivity contribution >= 4 is 28.9 Å². The molecule has 1 fully saturated rings. The number of nitrogens with two attached hydrogens (primary N) is 1. The number of aryl methyl sites for hydroxylation is 1. The van der Waals surface area contributed by atoms with Crippen molar-refractivity contribution in [2.24, 2.45) is 0 Å². The van der Waals surface area contributed by atoms with Crippen LogP contribution >= 0.6 is 11.6 Å². The maximum atomic E-state index is 12.2. The number of aromatic nitrogens is 2. The molecule has 1 aliphatic carbocycles. The van der Waals surface area contributed by atoms with Gasteiger partial charge in [-0.15, -0.1) is 0 Å². The van der Waals surface area contributed by atoms with Gasteiger partial charge < -0.3 is 11.1 Å². The maximum Gasteiger partial charge on any atom is 0.278 e. The monoisotopic (exact) mass is 290 g/mol. The van der Waals surface area contributed by atoms with E-state index in [2.05, 4.69) is 15.5 Å². The van der Waals surface area contributed by atoms with Crippen molar-refractivity contribution < 1.29 is 4.79 Å². The average molecular weight is 291 g/mol. The minimum Gasteiger partial charge on any atom is -0.395 e. The smallest absolute Gasteiger partial charge is 0.278 e. The number of carbonyl (C=O) groups excluding carboxylic acids is 1. The zero-order valence-electron chi connectivity index (χ0n) is 11.0. The molecular weight excluding hydrogens is 276 g/mol. The standard InChI is InChI=1S/C14H15ClN4O/c1-7-2-5-9(15)10(6-7)17-14(20)13-11(16)12(18-19-13)8-3-4-8/h2,5-6,8H,3-4,16H2,1H3,(H,17,20)(H,18,19). The third-order valence-electron chi connectivity index (χ3n) is 3.40. The van der Waals surface area contributed by atoms with Crippen LogP contribution in [0.1, 0.15) is 40.5 Å². The van der Waals surface area contributed by atoms with Crippen LogP contribution in [0, 0.1) is 6.92 Å². The Labute approximate surface area is 121 Å². The molecule has 4 N–H and O–H groups in total. The van der Waals surface area contributed by atoms with Crippen molar-refractivity contribution in [2.75, 3.05) is 11.1 Å². The summed E-state index contributed by atoms with van der Waals surface area (Å²) >= 11 is 6.06. The summed E-state index contributed by atoms with van der Waals surface area (Å²) in [6, 6.07) is 5.44. The summed E-state index contributed by atoms with van der Waals surface area (Å²) in [6.07, 6.45) is 2.19. The molecule has 1 heterocycles. The first kappa shape index (κ1) is 13.0. The molecule has 1 saturated carbocycles. The number of H-pyrrole nitrogens is 1. The van der Waals surface area contributed by atoms with E-state index >= 15 is 0 Å². The van der Waals surface area contributed by atoms with Crippen LogP contribution < -0.4 is 11.1 Å². The minimum absolute atomic E-state index is 0.226. The predicted octanol–water partition coefficient (Wildman–Crippen LogP) is 3.08. The fraction of sp³-hybridized carbons (Fsp3) is 0.286. The largest absolute Gasteiger partial charge is 0.395 e. The van der Waals surface area contributed by atoms with Gasteiger partial charge in [0.05, 0.1) is 22.1 Å². The lowest BCUT2D eigenvalue weighted by Gasteiger charge is -2.07. The summed E-state index contributed by atoms with van der Waals surface area (Å²) in [6.45, 7) is 1.93. The summed E-state index contributed by atoms with van der Waals surface area (Å²) in [5.74, 6) is 0.0738. The maximum absolute atomic E-state index is 12.2. The molecule has 0 unspecified atom stereocenters. The van der Waals surface area contributed by atoms with Gasteiger partial charge in [0.1, 0.15) is 0 Å². The first-order chi connectivity index (χ1) is 9.56. The van der Waals surface area contributed by atoms with E-state index in [-0.39, 0.29) is 11.6 Å². The van der Waals surface area contributed by atoms with Gasteiger partial charge in [-0.25, -0.2) is 0 Å². The highest BCUT2D eigenvalue weighted by Crippen LogP contribution is 2.42. The molecule has 2 aromatic rings. The fourth-order valence-electron chi connectivity index (χ4n) is 2.14. The second kappa shape index (κ2) is 4.83. The summed E-state index contributed by atoms with van der Waals surface area (Å²) in [7, 11) is 0. The highest BCUT2D eigenvalue weighted by atomic mass is 35.5. The Hall–Kier alpha value is -2.01. The normalized spacial score (nSPS) is 14.3. The van der Waals surface area contributed by atoms with Crippen molar-refractivity contribution in [1.82, 2.24) is 10.2 Å². The molecule has 1 aromatic carbocycles. The van der Waals surface area contributed by atoms with Crippen LogP contribution in [-0.4, -0.2) is 16.1 Å². The highest BCUT2D eigenvalue weighted by molar-refractivity contribution is 6.34. The molecule has 6 heteroatoms. The van der Waals surface area contributed by atoms with E-state index in [1.165, 1.54) is 0 Å². The van der Waals surface area contributed by atoms with Crippen LogP contribution in [0.25, 0.3) is 0 Å². The Morgan fingerprint density at radius 2 is 2.25 bits per heavy atom. The Morgan fingerprint density at radius 3 is 2.95 bits per heavy atom. The second-order valence-corrected chi connectivity index (χ2v) is 5.52. The zero-order valence-corrected chi connectivity index (χ0v) is 11.8. The summed E-state index contributed by atoms with van der Waals surface area (Å²) in [4.78, 5) is 12.2. The van der Waals surface area contributed by atoms with E-state index in [1.54, 1.807) is 6.07 Å². The van der Waals surface area contributed by atoms with Crippen LogP contribution in [0.15, 0.2) is 18.2 Å². The van der Waals surface area contributed by atoms with Crippen LogP contribution in [0.4, 0.5) is 11.4 Å². The van der Waals surface area contributed by atoms with Gasteiger partial charge in [-0.1, -0.05) is 17.7 Å². The zero-order chi connectivity index (χ0) is 14.3. The highest BCUT2D eigenvalue weighted by Gasteiger charge is 2.30. The number of nitrogens with one attached hydrogen (secondary N) is 2. The third kappa shape index (κ3) is 2.36. The summed E-state index contributed by atoms with van der Waals surface area (Å²) in [5.41, 5.74) is 9.08. The molecule has 5 nitrogen and oxygen atoms in total. The van der Waals surface area contributed by atoms with Crippen molar-refractivity contribution in [1.29, 1.82) is 0 Å². The molecule has 3 rings (SSSR count). The van der Waals surface area contributed by atoms with Gasteiger partial charge in [-0.2, -0.15) is 5.10 Å². The number of hydrogen-bond donors (Lipinski definition) is 3. The first-order valence-corrected chi connectivity index (χ1v) is 6.85. The molecule has 0 bridgehead atoms. The quantitative estimate of drug-likeness (QED) is 0.812. The van der Waals surface area contributed by atoms with Crippen LogP contribution in [0.5, 0.6) is 0 Å². The number of nitrogens with zero attached hydrogens (tertiary/aromatic N) is 1. The number of hydrogen-bond acceptors (Lipinski definition) is 3. The number of benzene rings is 1. The van der Waals surface area contributed by atoms with E-state index < -0.39 is 0 Å². The van der Waals surface area contributed by atoms with Gasteiger partial charge in [0.2, 0.25) is 0 Å². The van der Waals surface area contributed by atoms with Gasteiger partial charge >= 0.3 is 0 Å². The first-order valence-electron chi connectivity index (χ1n) is 6.47. The fourth-order valence-corrected chi connectivity index (χ4v) is 2.30. The third-order valence-corrected chi connectivity index (χ3v) is 3.73. The van der Waals surface area contributed by atoms with Crippen LogP contribution in [0.2, 0.25) is 5.02 Å². The van der Waals surface area contributed by atoms with Crippen molar-refractivity contribution in [3.05, 3.63) is 40.2 Å².